The summed E-state index contributed by atoms with van der Waals surface area (Å²) in [4.78, 5) is 15.3. The Morgan fingerprint density at radius 1 is 1.08 bits per heavy atom. The van der Waals surface area contributed by atoms with Gasteiger partial charge in [-0.15, -0.1) is 0 Å². The van der Waals surface area contributed by atoms with Crippen LogP contribution >= 0.6 is 0 Å². The van der Waals surface area contributed by atoms with E-state index in [1.807, 2.05) is 18.2 Å². The molecule has 0 aliphatic carbocycles. The van der Waals surface area contributed by atoms with E-state index in [-0.39, 0.29) is 11.7 Å². The van der Waals surface area contributed by atoms with Crippen LogP contribution in [0.2, 0.25) is 0 Å². The smallest absolute Gasteiger partial charge is 0.166 e. The molecular weight excluding hydrogens is 302 g/mol. The highest BCUT2D eigenvalue weighted by molar-refractivity contribution is 5.98. The minimum atomic E-state index is 0.152. The molecule has 0 atom stereocenters. The van der Waals surface area contributed by atoms with Gasteiger partial charge in [0.1, 0.15) is 13.2 Å². The maximum Gasteiger partial charge on any atom is 0.166 e. The average molecular weight is 331 g/mol. The summed E-state index contributed by atoms with van der Waals surface area (Å²) in [5.74, 6) is 1.87. The van der Waals surface area contributed by atoms with Crippen molar-refractivity contribution < 1.29 is 14.3 Å². The maximum atomic E-state index is 12.8. The van der Waals surface area contributed by atoms with Gasteiger partial charge in [0.25, 0.3) is 0 Å². The number of carbonyl (C=O) groups excluding carboxylic acids is 1. The first kappa shape index (κ1) is 17.3. The fourth-order valence-corrected chi connectivity index (χ4v) is 3.61. The number of unbranched alkanes of at least 4 members (excludes halogenated alkanes) is 3. The molecule has 0 N–H and O–H groups in total. The molecule has 1 fully saturated rings. The predicted molar refractivity (Wildman–Crippen MR) is 95.1 cm³/mol. The molecule has 2 aliphatic rings. The normalized spacial score (nSPS) is 18.5. The highest BCUT2D eigenvalue weighted by Gasteiger charge is 2.26. The van der Waals surface area contributed by atoms with Crippen LogP contribution in [-0.4, -0.2) is 43.5 Å². The topological polar surface area (TPSA) is 38.8 Å². The van der Waals surface area contributed by atoms with Crippen molar-refractivity contribution in [1.82, 2.24) is 4.90 Å². The van der Waals surface area contributed by atoms with E-state index >= 15 is 0 Å². The Balaban J connectivity index is 1.50. The molecule has 1 aromatic rings. The standard InChI is InChI=1S/C20H29NO3/c1-2-3-4-5-10-21-11-8-16(9-12-21)20(22)17-6-7-18-19(15-17)24-14-13-23-18/h6-7,15-16H,2-5,8-14H2,1H3. The van der Waals surface area contributed by atoms with Crippen LogP contribution in [0, 0.1) is 5.92 Å². The van der Waals surface area contributed by atoms with Crippen molar-refractivity contribution in [2.24, 2.45) is 5.92 Å². The summed E-state index contributed by atoms with van der Waals surface area (Å²) in [5.41, 5.74) is 0.764. The molecular formula is C20H29NO3. The number of rotatable bonds is 7. The lowest BCUT2D eigenvalue weighted by Crippen LogP contribution is -2.37. The van der Waals surface area contributed by atoms with Crippen LogP contribution in [0.1, 0.15) is 55.8 Å². The number of hydrogen-bond acceptors (Lipinski definition) is 4. The molecule has 4 heteroatoms. The van der Waals surface area contributed by atoms with E-state index in [4.69, 9.17) is 9.47 Å². The molecule has 0 amide bonds. The van der Waals surface area contributed by atoms with Crippen LogP contribution in [0.4, 0.5) is 0 Å². The predicted octanol–water partition coefficient (Wildman–Crippen LogP) is 3.93. The highest BCUT2D eigenvalue weighted by atomic mass is 16.6. The Bertz CT molecular complexity index is 550. The van der Waals surface area contributed by atoms with Crippen LogP contribution in [0.15, 0.2) is 18.2 Å². The van der Waals surface area contributed by atoms with Gasteiger partial charge in [-0.2, -0.15) is 0 Å². The van der Waals surface area contributed by atoms with Crippen LogP contribution < -0.4 is 9.47 Å². The summed E-state index contributed by atoms with van der Waals surface area (Å²) in [6, 6.07) is 5.60. The van der Waals surface area contributed by atoms with Gasteiger partial charge in [0.05, 0.1) is 0 Å². The van der Waals surface area contributed by atoms with E-state index in [0.29, 0.717) is 19.0 Å². The fraction of sp³-hybridized carbons (Fsp3) is 0.650. The molecule has 132 valence electrons. The molecule has 24 heavy (non-hydrogen) atoms. The molecule has 0 unspecified atom stereocenters. The van der Waals surface area contributed by atoms with Crippen LogP contribution in [0.3, 0.4) is 0 Å². The zero-order valence-corrected chi connectivity index (χ0v) is 14.8. The van der Waals surface area contributed by atoms with Gasteiger partial charge in [0.15, 0.2) is 17.3 Å². The Hall–Kier alpha value is -1.55. The summed E-state index contributed by atoms with van der Waals surface area (Å²) >= 11 is 0. The van der Waals surface area contributed by atoms with Crippen LogP contribution in [0.5, 0.6) is 11.5 Å². The molecule has 2 aliphatic heterocycles. The van der Waals surface area contributed by atoms with E-state index in [1.165, 1.54) is 32.2 Å². The van der Waals surface area contributed by atoms with Crippen molar-refractivity contribution >= 4 is 5.78 Å². The minimum Gasteiger partial charge on any atom is -0.486 e. The number of nitrogens with zero attached hydrogens (tertiary/aromatic N) is 1. The van der Waals surface area contributed by atoms with Crippen molar-refractivity contribution in [3.8, 4) is 11.5 Å². The number of carbonyl (C=O) groups is 1. The first-order valence-corrected chi connectivity index (χ1v) is 9.44. The molecule has 0 radical (unpaired) electrons. The quantitative estimate of drug-likeness (QED) is 0.560. The Kier molecular flexibility index (Phi) is 6.13. The molecule has 1 saturated heterocycles. The van der Waals surface area contributed by atoms with E-state index < -0.39 is 0 Å². The second-order valence-corrected chi connectivity index (χ2v) is 6.90. The van der Waals surface area contributed by atoms with Crippen molar-refractivity contribution in [3.63, 3.8) is 0 Å². The molecule has 0 bridgehead atoms. The second kappa shape index (κ2) is 8.52. The maximum absolute atomic E-state index is 12.8. The van der Waals surface area contributed by atoms with E-state index in [1.54, 1.807) is 0 Å². The molecule has 0 saturated carbocycles. The molecule has 2 heterocycles. The van der Waals surface area contributed by atoms with Gasteiger partial charge in [-0.25, -0.2) is 0 Å². The van der Waals surface area contributed by atoms with Crippen LogP contribution in [-0.2, 0) is 0 Å². The molecule has 0 spiro atoms. The van der Waals surface area contributed by atoms with E-state index in [2.05, 4.69) is 11.8 Å². The number of Topliss-reactive ketones (excluding diaryl/α,β-unsaturated/α-hetero) is 1. The lowest BCUT2D eigenvalue weighted by Gasteiger charge is -2.31. The Labute approximate surface area is 145 Å². The first-order chi connectivity index (χ1) is 11.8. The minimum absolute atomic E-state index is 0.152. The Morgan fingerprint density at radius 2 is 1.83 bits per heavy atom. The monoisotopic (exact) mass is 331 g/mol. The number of hydrogen-bond donors (Lipinski definition) is 0. The molecule has 0 aromatic heterocycles. The van der Waals surface area contributed by atoms with Gasteiger partial charge in [-0.3, -0.25) is 4.79 Å². The molecule has 4 nitrogen and oxygen atoms in total. The van der Waals surface area contributed by atoms with Gasteiger partial charge in [-0.1, -0.05) is 26.2 Å². The largest absolute Gasteiger partial charge is 0.486 e. The number of ether oxygens (including phenoxy) is 2. The summed E-state index contributed by atoms with van der Waals surface area (Å²) in [7, 11) is 0. The zero-order chi connectivity index (χ0) is 16.8. The van der Waals surface area contributed by atoms with Gasteiger partial charge in [0.2, 0.25) is 0 Å². The molecule has 1 aromatic carbocycles. The van der Waals surface area contributed by atoms with Crippen molar-refractivity contribution in [1.29, 1.82) is 0 Å². The number of fused-ring (bicyclic) bond motifs is 1. The number of piperidine rings is 1. The summed E-state index contributed by atoms with van der Waals surface area (Å²) in [6.45, 7) is 6.66. The van der Waals surface area contributed by atoms with Gasteiger partial charge >= 0.3 is 0 Å². The lowest BCUT2D eigenvalue weighted by molar-refractivity contribution is 0.0837. The summed E-state index contributed by atoms with van der Waals surface area (Å²) in [5, 5.41) is 0. The highest BCUT2D eigenvalue weighted by Crippen LogP contribution is 2.32. The fourth-order valence-electron chi connectivity index (χ4n) is 3.61. The van der Waals surface area contributed by atoms with E-state index in [0.717, 1.165) is 37.2 Å². The van der Waals surface area contributed by atoms with Gasteiger partial charge in [-0.05, 0) is 57.1 Å². The molecule has 3 rings (SSSR count). The lowest BCUT2D eigenvalue weighted by atomic mass is 9.88. The average Bonchev–Trinajstić information content (AvgIpc) is 2.65. The zero-order valence-electron chi connectivity index (χ0n) is 14.8. The second-order valence-electron chi connectivity index (χ2n) is 6.90. The third-order valence-corrected chi connectivity index (χ3v) is 5.11. The number of ketones is 1. The first-order valence-electron chi connectivity index (χ1n) is 9.44. The number of likely N-dealkylation sites (tertiary alicyclic amines) is 1. The third kappa shape index (κ3) is 4.29. The van der Waals surface area contributed by atoms with Crippen LogP contribution in [0.25, 0.3) is 0 Å². The van der Waals surface area contributed by atoms with Gasteiger partial charge in [0, 0.05) is 11.5 Å². The van der Waals surface area contributed by atoms with E-state index in [9.17, 15) is 4.79 Å². The third-order valence-electron chi connectivity index (χ3n) is 5.11. The van der Waals surface area contributed by atoms with Crippen molar-refractivity contribution in [2.75, 3.05) is 32.8 Å². The SMILES string of the molecule is CCCCCCN1CCC(C(=O)c2ccc3c(c2)OCCO3)CC1. The van der Waals surface area contributed by atoms with Crippen molar-refractivity contribution in [3.05, 3.63) is 23.8 Å². The summed E-state index contributed by atoms with van der Waals surface area (Å²) in [6.07, 6.45) is 7.18. The Morgan fingerprint density at radius 3 is 2.58 bits per heavy atom. The number of benzene rings is 1. The van der Waals surface area contributed by atoms with Crippen molar-refractivity contribution in [2.45, 2.75) is 45.4 Å². The summed E-state index contributed by atoms with van der Waals surface area (Å²) < 4.78 is 11.1. The van der Waals surface area contributed by atoms with Gasteiger partial charge < -0.3 is 14.4 Å².